The summed E-state index contributed by atoms with van der Waals surface area (Å²) in [5.41, 5.74) is 1.58. The number of halogens is 2. The number of hydrogen-bond donors (Lipinski definition) is 1. The van der Waals surface area contributed by atoms with Gasteiger partial charge in [-0.15, -0.1) is 0 Å². The molecule has 2 amide bonds. The minimum atomic E-state index is -0.631. The normalized spacial score (nSPS) is 13.2. The molecule has 0 bridgehead atoms. The van der Waals surface area contributed by atoms with Crippen molar-refractivity contribution in [1.29, 1.82) is 0 Å². The van der Waals surface area contributed by atoms with Crippen LogP contribution in [-0.2, 0) is 22.6 Å². The highest BCUT2D eigenvalue weighted by Crippen LogP contribution is 2.33. The lowest BCUT2D eigenvalue weighted by Gasteiger charge is -2.31. The molecule has 3 rings (SSSR count). The van der Waals surface area contributed by atoms with Crippen LogP contribution in [0.1, 0.15) is 44.7 Å². The van der Waals surface area contributed by atoms with E-state index in [0.717, 1.165) is 5.56 Å². The fraction of sp³-hybridized carbons (Fsp3) is 0.417. The Hall–Kier alpha value is -2.44. The van der Waals surface area contributed by atoms with E-state index < -0.39 is 6.04 Å². The number of benzene rings is 2. The van der Waals surface area contributed by atoms with Gasteiger partial charge in [-0.3, -0.25) is 9.59 Å². The van der Waals surface area contributed by atoms with Crippen LogP contribution in [0.5, 0.6) is 11.5 Å². The first-order valence-corrected chi connectivity index (χ1v) is 11.5. The van der Waals surface area contributed by atoms with E-state index in [2.05, 4.69) is 5.32 Å². The third-order valence-electron chi connectivity index (χ3n) is 5.27. The van der Waals surface area contributed by atoms with Crippen LogP contribution in [0.15, 0.2) is 36.4 Å². The quantitative estimate of drug-likeness (QED) is 0.551. The minimum Gasteiger partial charge on any atom is -0.454 e. The van der Waals surface area contributed by atoms with Crippen molar-refractivity contribution in [3.05, 3.63) is 57.6 Å². The average Bonchev–Trinajstić information content (AvgIpc) is 3.21. The van der Waals surface area contributed by atoms with Crippen LogP contribution in [0, 0.1) is 0 Å². The largest absolute Gasteiger partial charge is 0.454 e. The van der Waals surface area contributed by atoms with Crippen LogP contribution in [0.2, 0.25) is 10.0 Å². The monoisotopic (exact) mass is 478 g/mol. The van der Waals surface area contributed by atoms with Crippen molar-refractivity contribution in [3.8, 4) is 11.5 Å². The van der Waals surface area contributed by atoms with Crippen molar-refractivity contribution in [1.82, 2.24) is 10.2 Å². The lowest BCUT2D eigenvalue weighted by molar-refractivity contribution is -0.141. The molecule has 32 heavy (non-hydrogen) atoms. The highest BCUT2D eigenvalue weighted by molar-refractivity contribution is 6.36. The Balaban J connectivity index is 1.81. The van der Waals surface area contributed by atoms with Gasteiger partial charge in [-0.05, 0) is 56.5 Å². The fourth-order valence-corrected chi connectivity index (χ4v) is 4.16. The molecule has 172 valence electrons. The Kier molecular flexibility index (Phi) is 8.26. The predicted molar refractivity (Wildman–Crippen MR) is 125 cm³/mol. The predicted octanol–water partition coefficient (Wildman–Crippen LogP) is 4.99. The summed E-state index contributed by atoms with van der Waals surface area (Å²) in [4.78, 5) is 27.8. The van der Waals surface area contributed by atoms with Gasteiger partial charge in [0.2, 0.25) is 18.6 Å². The van der Waals surface area contributed by atoms with Gasteiger partial charge in [-0.25, -0.2) is 0 Å². The van der Waals surface area contributed by atoms with Crippen molar-refractivity contribution in [2.24, 2.45) is 0 Å². The summed E-state index contributed by atoms with van der Waals surface area (Å²) >= 11 is 12.7. The minimum absolute atomic E-state index is 0.0361. The topological polar surface area (TPSA) is 67.9 Å². The Morgan fingerprint density at radius 3 is 2.44 bits per heavy atom. The van der Waals surface area contributed by atoms with E-state index >= 15 is 0 Å². The molecule has 1 atom stereocenters. The van der Waals surface area contributed by atoms with Gasteiger partial charge in [0.15, 0.2) is 11.5 Å². The number of carbonyl (C=O) groups excluding carboxylic acids is 2. The number of fused-ring (bicyclic) bond motifs is 1. The van der Waals surface area contributed by atoms with Crippen LogP contribution in [0.4, 0.5) is 0 Å². The molecule has 0 fully saturated rings. The number of amides is 2. The van der Waals surface area contributed by atoms with Gasteiger partial charge in [0, 0.05) is 34.6 Å². The van der Waals surface area contributed by atoms with E-state index in [1.807, 2.05) is 39.0 Å². The smallest absolute Gasteiger partial charge is 0.243 e. The maximum absolute atomic E-state index is 13.4. The summed E-state index contributed by atoms with van der Waals surface area (Å²) in [6.07, 6.45) is 1.20. The highest BCUT2D eigenvalue weighted by Gasteiger charge is 2.30. The van der Waals surface area contributed by atoms with Crippen molar-refractivity contribution in [3.63, 3.8) is 0 Å². The molecule has 2 aromatic carbocycles. The Labute approximate surface area is 198 Å². The number of ether oxygens (including phenoxy) is 2. The molecule has 2 aromatic rings. The van der Waals surface area contributed by atoms with Crippen molar-refractivity contribution in [2.45, 2.75) is 58.7 Å². The summed E-state index contributed by atoms with van der Waals surface area (Å²) < 4.78 is 10.8. The van der Waals surface area contributed by atoms with Gasteiger partial charge < -0.3 is 19.7 Å². The van der Waals surface area contributed by atoms with Gasteiger partial charge in [0.1, 0.15) is 6.04 Å². The van der Waals surface area contributed by atoms with Crippen molar-refractivity contribution in [2.75, 3.05) is 6.79 Å². The van der Waals surface area contributed by atoms with Gasteiger partial charge in [-0.2, -0.15) is 0 Å². The van der Waals surface area contributed by atoms with E-state index in [-0.39, 0.29) is 37.6 Å². The summed E-state index contributed by atoms with van der Waals surface area (Å²) in [7, 11) is 0. The molecular weight excluding hydrogens is 451 g/mol. The first-order chi connectivity index (χ1) is 15.3. The molecule has 1 N–H and O–H groups in total. The van der Waals surface area contributed by atoms with Crippen LogP contribution in [-0.4, -0.2) is 35.6 Å². The van der Waals surface area contributed by atoms with Crippen LogP contribution < -0.4 is 14.8 Å². The number of carbonyl (C=O) groups is 2. The van der Waals surface area contributed by atoms with Gasteiger partial charge in [-0.1, -0.05) is 42.3 Å². The zero-order chi connectivity index (χ0) is 23.3. The van der Waals surface area contributed by atoms with E-state index in [1.165, 1.54) is 0 Å². The number of nitrogens with one attached hydrogen (secondary N) is 1. The number of nitrogens with zero attached hydrogens (tertiary/aromatic N) is 1. The number of rotatable bonds is 9. The first-order valence-electron chi connectivity index (χ1n) is 10.7. The molecule has 0 radical (unpaired) electrons. The second kappa shape index (κ2) is 10.9. The van der Waals surface area contributed by atoms with Crippen molar-refractivity contribution < 1.29 is 19.1 Å². The Morgan fingerprint density at radius 2 is 1.78 bits per heavy atom. The van der Waals surface area contributed by atoms with Crippen molar-refractivity contribution >= 4 is 35.0 Å². The molecule has 0 aromatic heterocycles. The zero-order valence-electron chi connectivity index (χ0n) is 18.5. The summed E-state index contributed by atoms with van der Waals surface area (Å²) in [6.45, 7) is 6.02. The van der Waals surface area contributed by atoms with E-state index in [1.54, 1.807) is 23.1 Å². The van der Waals surface area contributed by atoms with Gasteiger partial charge in [0.05, 0.1) is 0 Å². The van der Waals surface area contributed by atoms with Crippen LogP contribution >= 0.6 is 23.2 Å². The second-order valence-electron chi connectivity index (χ2n) is 8.00. The molecule has 0 saturated carbocycles. The molecule has 6 nitrogen and oxygen atoms in total. The second-order valence-corrected chi connectivity index (χ2v) is 8.81. The summed E-state index contributed by atoms with van der Waals surface area (Å²) in [5, 5.41) is 3.84. The first kappa shape index (κ1) is 24.2. The fourth-order valence-electron chi connectivity index (χ4n) is 3.65. The maximum atomic E-state index is 13.4. The highest BCUT2D eigenvalue weighted by atomic mass is 35.5. The molecule has 0 saturated heterocycles. The molecule has 8 heteroatoms. The SMILES string of the molecule is CC[C@@H](C(=O)NC(C)C)N(Cc1c(Cl)cccc1Cl)C(=O)CCc1ccc2c(c1)OCO2. The third kappa shape index (κ3) is 5.87. The van der Waals surface area contributed by atoms with Gasteiger partial charge in [0.25, 0.3) is 0 Å². The lowest BCUT2D eigenvalue weighted by atomic mass is 10.1. The third-order valence-corrected chi connectivity index (χ3v) is 5.98. The molecule has 0 aliphatic carbocycles. The van der Waals surface area contributed by atoms with E-state index in [9.17, 15) is 9.59 Å². The van der Waals surface area contributed by atoms with Gasteiger partial charge >= 0.3 is 0 Å². The molecule has 0 unspecified atom stereocenters. The molecule has 1 heterocycles. The molecule has 0 spiro atoms. The molecular formula is C24H28Cl2N2O4. The van der Waals surface area contributed by atoms with E-state index in [0.29, 0.717) is 39.9 Å². The zero-order valence-corrected chi connectivity index (χ0v) is 20.0. The van der Waals surface area contributed by atoms with E-state index in [4.69, 9.17) is 32.7 Å². The molecule has 1 aliphatic heterocycles. The maximum Gasteiger partial charge on any atom is 0.243 e. The lowest BCUT2D eigenvalue weighted by Crippen LogP contribution is -2.50. The number of aryl methyl sites for hydroxylation is 1. The van der Waals surface area contributed by atoms with Crippen LogP contribution in [0.25, 0.3) is 0 Å². The average molecular weight is 479 g/mol. The standard InChI is InChI=1S/C24H28Cl2N2O4/c1-4-20(24(30)27-15(2)3)28(13-17-18(25)6-5-7-19(17)26)23(29)11-9-16-8-10-21-22(12-16)32-14-31-21/h5-8,10,12,15,20H,4,9,11,13-14H2,1-3H3,(H,27,30)/t20-/m0/s1. The summed E-state index contributed by atoms with van der Waals surface area (Å²) in [5.74, 6) is 1.04. The molecule has 1 aliphatic rings. The van der Waals surface area contributed by atoms with Crippen LogP contribution in [0.3, 0.4) is 0 Å². The summed E-state index contributed by atoms with van der Waals surface area (Å²) in [6, 6.07) is 10.2. The Morgan fingerprint density at radius 1 is 1.09 bits per heavy atom. The number of hydrogen-bond acceptors (Lipinski definition) is 4. The Bertz CT molecular complexity index is 960.